The number of nitrogens with one attached hydrogen (secondary N) is 1. The number of ether oxygens (including phenoxy) is 1. The zero-order chi connectivity index (χ0) is 22.5. The molecule has 5 rings (SSSR count). The second-order valence-electron chi connectivity index (χ2n) is 7.82. The molecule has 1 fully saturated rings. The molecule has 0 aliphatic carbocycles. The van der Waals surface area contributed by atoms with Crippen LogP contribution in [0.15, 0.2) is 82.6 Å². The van der Waals surface area contributed by atoms with Gasteiger partial charge >= 0.3 is 0 Å². The summed E-state index contributed by atoms with van der Waals surface area (Å²) in [5, 5.41) is 14.2. The fourth-order valence-corrected chi connectivity index (χ4v) is 5.00. The van der Waals surface area contributed by atoms with Crippen LogP contribution in [-0.4, -0.2) is 41.4 Å². The van der Waals surface area contributed by atoms with Gasteiger partial charge in [0.2, 0.25) is 5.95 Å². The Morgan fingerprint density at radius 2 is 1.52 bits per heavy atom. The molecular weight excluding hydrogens is 432 g/mol. The summed E-state index contributed by atoms with van der Waals surface area (Å²) in [5.41, 5.74) is 3.01. The molecule has 6 nitrogen and oxygen atoms in total. The highest BCUT2D eigenvalue weighted by Gasteiger charge is 2.17. The summed E-state index contributed by atoms with van der Waals surface area (Å²) >= 11 is 1.67. The standard InChI is InChI=1S/C26H26N4O2S/c31-18-20-8-2-6-12-24(20)33-23-11-5-1-7-19(23)17-27-26-28-22-10-4-3-9-21(22)25(29-26)30-13-15-32-16-14-30/h1-12,31H,13-18H2,(H,27,28,29). The van der Waals surface area contributed by atoms with Crippen LogP contribution in [0, 0.1) is 0 Å². The number of hydrogen-bond acceptors (Lipinski definition) is 7. The van der Waals surface area contributed by atoms with Crippen LogP contribution in [0.2, 0.25) is 0 Å². The maximum absolute atomic E-state index is 9.68. The van der Waals surface area contributed by atoms with Gasteiger partial charge in [-0.3, -0.25) is 0 Å². The average molecular weight is 459 g/mol. The summed E-state index contributed by atoms with van der Waals surface area (Å²) in [6.07, 6.45) is 0. The number of benzene rings is 3. The molecular formula is C26H26N4O2S. The van der Waals surface area contributed by atoms with Gasteiger partial charge in [-0.25, -0.2) is 4.98 Å². The molecule has 1 aromatic heterocycles. The normalized spacial score (nSPS) is 13.9. The first kappa shape index (κ1) is 21.7. The number of hydrogen-bond donors (Lipinski definition) is 2. The summed E-state index contributed by atoms with van der Waals surface area (Å²) in [4.78, 5) is 14.1. The third-order valence-corrected chi connectivity index (χ3v) is 6.90. The Morgan fingerprint density at radius 1 is 0.848 bits per heavy atom. The maximum atomic E-state index is 9.68. The lowest BCUT2D eigenvalue weighted by Crippen LogP contribution is -2.37. The SMILES string of the molecule is OCc1ccccc1Sc1ccccc1CNc1nc(N2CCOCC2)c2ccccc2n1. The zero-order valence-electron chi connectivity index (χ0n) is 18.3. The fraction of sp³-hybridized carbons (Fsp3) is 0.231. The van der Waals surface area contributed by atoms with Crippen LogP contribution in [0.5, 0.6) is 0 Å². The summed E-state index contributed by atoms with van der Waals surface area (Å²) in [6.45, 7) is 3.70. The maximum Gasteiger partial charge on any atom is 0.225 e. The molecule has 168 valence electrons. The van der Waals surface area contributed by atoms with Gasteiger partial charge in [0.15, 0.2) is 0 Å². The first-order valence-corrected chi connectivity index (χ1v) is 11.9. The van der Waals surface area contributed by atoms with E-state index in [1.54, 1.807) is 11.8 Å². The van der Waals surface area contributed by atoms with Crippen LogP contribution in [0.3, 0.4) is 0 Å². The largest absolute Gasteiger partial charge is 0.392 e. The van der Waals surface area contributed by atoms with Gasteiger partial charge in [0.05, 0.1) is 25.3 Å². The smallest absolute Gasteiger partial charge is 0.225 e. The summed E-state index contributed by atoms with van der Waals surface area (Å²) in [5.74, 6) is 1.57. The van der Waals surface area contributed by atoms with Crippen LogP contribution in [0.1, 0.15) is 11.1 Å². The summed E-state index contributed by atoms with van der Waals surface area (Å²) < 4.78 is 5.53. The fourth-order valence-electron chi connectivity index (χ4n) is 3.93. The zero-order valence-corrected chi connectivity index (χ0v) is 19.1. The van der Waals surface area contributed by atoms with Crippen molar-refractivity contribution in [3.8, 4) is 0 Å². The molecule has 0 atom stereocenters. The number of aliphatic hydroxyl groups is 1. The first-order chi connectivity index (χ1) is 16.3. The van der Waals surface area contributed by atoms with Gasteiger partial charge in [0.25, 0.3) is 0 Å². The van der Waals surface area contributed by atoms with Gasteiger partial charge in [-0.05, 0) is 35.4 Å². The van der Waals surface area contributed by atoms with Crippen LogP contribution in [0.4, 0.5) is 11.8 Å². The second kappa shape index (κ2) is 10.2. The van der Waals surface area contributed by atoms with E-state index in [0.29, 0.717) is 25.7 Å². The van der Waals surface area contributed by atoms with Crippen molar-refractivity contribution in [2.75, 3.05) is 36.5 Å². The van der Waals surface area contributed by atoms with Crippen molar-refractivity contribution in [2.45, 2.75) is 22.9 Å². The summed E-state index contributed by atoms with van der Waals surface area (Å²) in [6, 6.07) is 24.4. The van der Waals surface area contributed by atoms with E-state index in [0.717, 1.165) is 50.7 Å². The van der Waals surface area contributed by atoms with Crippen molar-refractivity contribution in [2.24, 2.45) is 0 Å². The molecule has 0 radical (unpaired) electrons. The van der Waals surface area contributed by atoms with Crippen molar-refractivity contribution in [1.29, 1.82) is 0 Å². The van der Waals surface area contributed by atoms with Crippen molar-refractivity contribution in [1.82, 2.24) is 9.97 Å². The molecule has 4 aromatic rings. The lowest BCUT2D eigenvalue weighted by molar-refractivity contribution is 0.122. The Bertz CT molecular complexity index is 1240. The van der Waals surface area contributed by atoms with Crippen molar-refractivity contribution in [3.63, 3.8) is 0 Å². The number of anilines is 2. The van der Waals surface area contributed by atoms with E-state index in [9.17, 15) is 5.11 Å². The molecule has 7 heteroatoms. The third kappa shape index (κ3) is 4.95. The second-order valence-corrected chi connectivity index (χ2v) is 8.90. The van der Waals surface area contributed by atoms with Crippen molar-refractivity contribution < 1.29 is 9.84 Å². The molecule has 0 spiro atoms. The van der Waals surface area contributed by atoms with Gasteiger partial charge < -0.3 is 20.1 Å². The van der Waals surface area contributed by atoms with E-state index in [-0.39, 0.29) is 6.61 Å². The van der Waals surface area contributed by atoms with Gasteiger partial charge in [-0.15, -0.1) is 0 Å². The molecule has 0 bridgehead atoms. The lowest BCUT2D eigenvalue weighted by atomic mass is 10.2. The molecule has 2 heterocycles. The van der Waals surface area contributed by atoms with Gasteiger partial charge in [0, 0.05) is 34.8 Å². The molecule has 1 aliphatic rings. The van der Waals surface area contributed by atoms with Gasteiger partial charge in [0.1, 0.15) is 5.82 Å². The van der Waals surface area contributed by atoms with Crippen molar-refractivity contribution in [3.05, 3.63) is 83.9 Å². The Hall–Kier alpha value is -3.13. The molecule has 0 saturated carbocycles. The number of nitrogens with zero attached hydrogens (tertiary/aromatic N) is 3. The van der Waals surface area contributed by atoms with E-state index < -0.39 is 0 Å². The minimum absolute atomic E-state index is 0.0266. The number of rotatable bonds is 7. The first-order valence-electron chi connectivity index (χ1n) is 11.1. The number of para-hydroxylation sites is 1. The molecule has 0 unspecified atom stereocenters. The number of fused-ring (bicyclic) bond motifs is 1. The van der Waals surface area contributed by atoms with E-state index in [1.165, 1.54) is 0 Å². The minimum Gasteiger partial charge on any atom is -0.392 e. The Morgan fingerprint density at radius 3 is 2.30 bits per heavy atom. The van der Waals surface area contributed by atoms with Crippen LogP contribution in [0.25, 0.3) is 10.9 Å². The topological polar surface area (TPSA) is 70.5 Å². The molecule has 2 N–H and O–H groups in total. The van der Waals surface area contributed by atoms with E-state index in [2.05, 4.69) is 28.4 Å². The molecule has 1 saturated heterocycles. The quantitative estimate of drug-likeness (QED) is 0.415. The Balaban J connectivity index is 1.40. The van der Waals surface area contributed by atoms with E-state index in [1.807, 2.05) is 54.6 Å². The van der Waals surface area contributed by atoms with Crippen LogP contribution < -0.4 is 10.2 Å². The predicted molar refractivity (Wildman–Crippen MR) is 133 cm³/mol. The molecule has 1 aliphatic heterocycles. The van der Waals surface area contributed by atoms with Crippen LogP contribution >= 0.6 is 11.8 Å². The lowest BCUT2D eigenvalue weighted by Gasteiger charge is -2.29. The number of morpholine rings is 1. The highest BCUT2D eigenvalue weighted by molar-refractivity contribution is 7.99. The average Bonchev–Trinajstić information content (AvgIpc) is 2.88. The van der Waals surface area contributed by atoms with Gasteiger partial charge in [-0.2, -0.15) is 4.98 Å². The highest BCUT2D eigenvalue weighted by Crippen LogP contribution is 2.33. The van der Waals surface area contributed by atoms with Crippen molar-refractivity contribution >= 4 is 34.4 Å². The Kier molecular flexibility index (Phi) is 6.71. The molecule has 0 amide bonds. The molecule has 3 aromatic carbocycles. The highest BCUT2D eigenvalue weighted by atomic mass is 32.2. The monoisotopic (exact) mass is 458 g/mol. The van der Waals surface area contributed by atoms with Crippen LogP contribution in [-0.2, 0) is 17.9 Å². The predicted octanol–water partition coefficient (Wildman–Crippen LogP) is 4.72. The third-order valence-electron chi connectivity index (χ3n) is 5.67. The number of aliphatic hydroxyl groups excluding tert-OH is 1. The summed E-state index contributed by atoms with van der Waals surface area (Å²) in [7, 11) is 0. The number of aromatic nitrogens is 2. The molecule has 33 heavy (non-hydrogen) atoms. The van der Waals surface area contributed by atoms with E-state index >= 15 is 0 Å². The van der Waals surface area contributed by atoms with E-state index in [4.69, 9.17) is 14.7 Å². The Labute approximate surface area is 197 Å². The van der Waals surface area contributed by atoms with Gasteiger partial charge in [-0.1, -0.05) is 60.3 Å². The minimum atomic E-state index is 0.0266.